The minimum Gasteiger partial charge on any atom is -0.465 e. The van der Waals surface area contributed by atoms with Crippen LogP contribution in [0.5, 0.6) is 0 Å². The van der Waals surface area contributed by atoms with Gasteiger partial charge in [-0.25, -0.2) is 9.48 Å². The van der Waals surface area contributed by atoms with Gasteiger partial charge in [0.05, 0.1) is 13.2 Å². The summed E-state index contributed by atoms with van der Waals surface area (Å²) in [6, 6.07) is 5.45. The summed E-state index contributed by atoms with van der Waals surface area (Å²) in [4.78, 5) is 24.7. The van der Waals surface area contributed by atoms with Crippen LogP contribution in [0.3, 0.4) is 0 Å². The summed E-state index contributed by atoms with van der Waals surface area (Å²) in [6.45, 7) is 3.13. The zero-order valence-corrected chi connectivity index (χ0v) is 14.0. The topological polar surface area (TPSA) is 77.6 Å². The van der Waals surface area contributed by atoms with E-state index in [1.807, 2.05) is 13.0 Å². The Labute approximate surface area is 140 Å². The molecule has 0 aromatic carbocycles. The molecule has 1 saturated carbocycles. The third-order valence-corrected chi connectivity index (χ3v) is 4.65. The van der Waals surface area contributed by atoms with Crippen LogP contribution in [0.1, 0.15) is 39.0 Å². The van der Waals surface area contributed by atoms with Crippen LogP contribution in [0.4, 0.5) is 0 Å². The number of rotatable bonds is 6. The normalized spacial score (nSPS) is 17.0. The number of nitrogens with one attached hydrogen (secondary N) is 1. The summed E-state index contributed by atoms with van der Waals surface area (Å²) in [5, 5.41) is 7.67. The summed E-state index contributed by atoms with van der Waals surface area (Å²) >= 11 is 0. The highest BCUT2D eigenvalue weighted by atomic mass is 16.5. The number of hydrogen-bond donors (Lipinski definition) is 1. The van der Waals surface area contributed by atoms with Gasteiger partial charge in [0.2, 0.25) is 0 Å². The monoisotopic (exact) mass is 332 g/mol. The van der Waals surface area contributed by atoms with Crippen LogP contribution >= 0.6 is 0 Å². The zero-order valence-electron chi connectivity index (χ0n) is 14.0. The first-order chi connectivity index (χ1) is 11.7. The molecular weight excluding hydrogens is 308 g/mol. The average Bonchev–Trinajstić information content (AvgIpc) is 2.92. The fourth-order valence-corrected chi connectivity index (χ4v) is 3.39. The Kier molecular flexibility index (Phi) is 4.99. The molecule has 24 heavy (non-hydrogen) atoms. The smallest absolute Gasteiger partial charge is 0.350 e. The Morgan fingerprint density at radius 2 is 2.12 bits per heavy atom. The first-order valence-corrected chi connectivity index (χ1v) is 8.63. The third-order valence-electron chi connectivity index (χ3n) is 4.65. The molecule has 130 valence electrons. The van der Waals surface area contributed by atoms with E-state index in [1.54, 1.807) is 18.3 Å². The molecule has 7 nitrogen and oxygen atoms in total. The molecule has 2 aromatic heterocycles. The molecule has 1 N–H and O–H groups in total. The molecule has 1 aliphatic rings. The van der Waals surface area contributed by atoms with Crippen molar-refractivity contribution in [1.82, 2.24) is 19.5 Å². The van der Waals surface area contributed by atoms with Gasteiger partial charge in [0.25, 0.3) is 0 Å². The van der Waals surface area contributed by atoms with Gasteiger partial charge in [0.15, 0.2) is 5.65 Å². The number of nitrogens with zero attached hydrogens (tertiary/aromatic N) is 3. The maximum atomic E-state index is 12.4. The minimum atomic E-state index is -0.614. The summed E-state index contributed by atoms with van der Waals surface area (Å²) in [6.07, 6.45) is 6.45. The molecule has 0 spiro atoms. The molecule has 0 saturated heterocycles. The van der Waals surface area contributed by atoms with Crippen molar-refractivity contribution in [3.63, 3.8) is 0 Å². The van der Waals surface area contributed by atoms with E-state index in [0.29, 0.717) is 25.3 Å². The lowest BCUT2D eigenvalue weighted by atomic mass is 9.81. The van der Waals surface area contributed by atoms with Crippen molar-refractivity contribution in [3.8, 4) is 0 Å². The largest absolute Gasteiger partial charge is 0.465 e. The second-order valence-corrected chi connectivity index (χ2v) is 6.22. The summed E-state index contributed by atoms with van der Waals surface area (Å²) in [5.41, 5.74) is -0.154. The predicted molar refractivity (Wildman–Crippen MR) is 89.9 cm³/mol. The molecule has 0 atom stereocenters. The van der Waals surface area contributed by atoms with Gasteiger partial charge in [0, 0.05) is 12.7 Å². The number of carbonyl (C=O) groups is 1. The van der Waals surface area contributed by atoms with Crippen LogP contribution in [0.25, 0.3) is 5.65 Å². The highest BCUT2D eigenvalue weighted by molar-refractivity contribution is 5.81. The molecule has 3 rings (SSSR count). The number of ether oxygens (including phenoxy) is 1. The molecule has 1 aliphatic carbocycles. The number of fused-ring (bicyclic) bond motifs is 1. The molecule has 1 fully saturated rings. The zero-order chi connectivity index (χ0) is 17.0. The van der Waals surface area contributed by atoms with Crippen LogP contribution in [-0.4, -0.2) is 38.8 Å². The van der Waals surface area contributed by atoms with Gasteiger partial charge in [-0.1, -0.05) is 25.3 Å². The lowest BCUT2D eigenvalue weighted by Gasteiger charge is -2.35. The van der Waals surface area contributed by atoms with Crippen molar-refractivity contribution in [3.05, 3.63) is 34.9 Å². The molecule has 0 aliphatic heterocycles. The van der Waals surface area contributed by atoms with Gasteiger partial charge in [-0.3, -0.25) is 9.20 Å². The van der Waals surface area contributed by atoms with Crippen molar-refractivity contribution in [2.24, 2.45) is 0 Å². The SMILES string of the molecule is CCOC(=O)C1(NCCn2nc3ccccn3c2=O)CCCCC1. The fraction of sp³-hybridized carbons (Fsp3) is 0.588. The predicted octanol–water partition coefficient (Wildman–Crippen LogP) is 1.35. The molecule has 0 amide bonds. The first-order valence-electron chi connectivity index (χ1n) is 8.63. The number of pyridine rings is 1. The van der Waals surface area contributed by atoms with Crippen molar-refractivity contribution >= 4 is 11.6 Å². The van der Waals surface area contributed by atoms with Crippen LogP contribution < -0.4 is 11.0 Å². The fourth-order valence-electron chi connectivity index (χ4n) is 3.39. The quantitative estimate of drug-likeness (QED) is 0.808. The lowest BCUT2D eigenvalue weighted by Crippen LogP contribution is -2.55. The van der Waals surface area contributed by atoms with E-state index in [0.717, 1.165) is 32.1 Å². The summed E-state index contributed by atoms with van der Waals surface area (Å²) in [7, 11) is 0. The molecule has 2 aromatic rings. The van der Waals surface area contributed by atoms with Crippen LogP contribution in [0.15, 0.2) is 29.2 Å². The van der Waals surface area contributed by atoms with E-state index in [2.05, 4.69) is 10.4 Å². The Hall–Kier alpha value is -2.15. The molecule has 0 unspecified atom stereocenters. The Balaban J connectivity index is 1.69. The highest BCUT2D eigenvalue weighted by Gasteiger charge is 2.40. The minimum absolute atomic E-state index is 0.166. The molecule has 0 radical (unpaired) electrons. The third kappa shape index (κ3) is 3.21. The van der Waals surface area contributed by atoms with E-state index >= 15 is 0 Å². The molecule has 0 bridgehead atoms. The molecule has 2 heterocycles. The van der Waals surface area contributed by atoms with Crippen molar-refractivity contribution in [1.29, 1.82) is 0 Å². The maximum absolute atomic E-state index is 12.4. The standard InChI is InChI=1S/C17H24N4O3/c1-2-24-15(22)17(9-5-3-6-10-17)18-11-13-21-16(23)20-12-7-4-8-14(20)19-21/h4,7-8,12,18H,2-3,5-6,9-11,13H2,1H3. The summed E-state index contributed by atoms with van der Waals surface area (Å²) in [5.74, 6) is -0.174. The second kappa shape index (κ2) is 7.17. The van der Waals surface area contributed by atoms with E-state index in [9.17, 15) is 9.59 Å². The van der Waals surface area contributed by atoms with Crippen molar-refractivity contribution in [2.75, 3.05) is 13.2 Å². The Morgan fingerprint density at radius 3 is 2.83 bits per heavy atom. The van der Waals surface area contributed by atoms with Gasteiger partial charge >= 0.3 is 11.7 Å². The van der Waals surface area contributed by atoms with Gasteiger partial charge in [0.1, 0.15) is 5.54 Å². The average molecular weight is 332 g/mol. The van der Waals surface area contributed by atoms with E-state index in [-0.39, 0.29) is 11.7 Å². The van der Waals surface area contributed by atoms with Gasteiger partial charge in [-0.15, -0.1) is 5.10 Å². The second-order valence-electron chi connectivity index (χ2n) is 6.22. The highest BCUT2D eigenvalue weighted by Crippen LogP contribution is 2.29. The number of carbonyl (C=O) groups excluding carboxylic acids is 1. The van der Waals surface area contributed by atoms with Gasteiger partial charge in [-0.05, 0) is 31.9 Å². The van der Waals surface area contributed by atoms with Crippen molar-refractivity contribution < 1.29 is 9.53 Å². The first kappa shape index (κ1) is 16.7. The van der Waals surface area contributed by atoms with Gasteiger partial charge in [-0.2, -0.15) is 0 Å². The Morgan fingerprint density at radius 1 is 1.33 bits per heavy atom. The molecular formula is C17H24N4O3. The lowest BCUT2D eigenvalue weighted by molar-refractivity contribution is -0.152. The van der Waals surface area contributed by atoms with E-state index < -0.39 is 5.54 Å². The van der Waals surface area contributed by atoms with Crippen LogP contribution in [0.2, 0.25) is 0 Å². The van der Waals surface area contributed by atoms with Crippen LogP contribution in [0, 0.1) is 0 Å². The van der Waals surface area contributed by atoms with Crippen LogP contribution in [-0.2, 0) is 16.1 Å². The summed E-state index contributed by atoms with van der Waals surface area (Å²) < 4.78 is 8.22. The molecule has 7 heteroatoms. The van der Waals surface area contributed by atoms with E-state index in [4.69, 9.17) is 4.74 Å². The van der Waals surface area contributed by atoms with E-state index in [1.165, 1.54) is 9.08 Å². The number of esters is 1. The van der Waals surface area contributed by atoms with Gasteiger partial charge < -0.3 is 10.1 Å². The number of aromatic nitrogens is 3. The number of hydrogen-bond acceptors (Lipinski definition) is 5. The Bertz CT molecular complexity index is 759. The van der Waals surface area contributed by atoms with Crippen molar-refractivity contribution in [2.45, 2.75) is 51.1 Å². The maximum Gasteiger partial charge on any atom is 0.350 e.